The number of benzene rings is 2. The fraction of sp³-hybridized carbons (Fsp3) is 0.267. The van der Waals surface area contributed by atoms with Crippen molar-refractivity contribution < 1.29 is 14.6 Å². The summed E-state index contributed by atoms with van der Waals surface area (Å²) >= 11 is 0. The molecule has 94 valence electrons. The molecule has 18 heavy (non-hydrogen) atoms. The summed E-state index contributed by atoms with van der Waals surface area (Å²) in [6.45, 7) is 1.71. The number of hydrogen-bond acceptors (Lipinski definition) is 2. The molecule has 3 nitrogen and oxygen atoms in total. The maximum atomic E-state index is 11.0. The lowest BCUT2D eigenvalue weighted by Gasteiger charge is -2.14. The third kappa shape index (κ3) is 2.30. The number of carboxylic acids is 1. The summed E-state index contributed by atoms with van der Waals surface area (Å²) in [6.07, 6.45) is 0.472. The molecule has 0 aliphatic rings. The van der Waals surface area contributed by atoms with Crippen LogP contribution < -0.4 is 4.74 Å². The molecule has 1 atom stereocenters. The van der Waals surface area contributed by atoms with E-state index in [1.54, 1.807) is 14.0 Å². The molecule has 0 saturated heterocycles. The van der Waals surface area contributed by atoms with E-state index in [0.717, 1.165) is 22.1 Å². The average molecular weight is 244 g/mol. The van der Waals surface area contributed by atoms with Crippen molar-refractivity contribution in [2.75, 3.05) is 7.11 Å². The number of ether oxygens (including phenoxy) is 1. The van der Waals surface area contributed by atoms with Gasteiger partial charge < -0.3 is 9.84 Å². The van der Waals surface area contributed by atoms with Crippen LogP contribution in [0.4, 0.5) is 0 Å². The number of fused-ring (bicyclic) bond motifs is 1. The van der Waals surface area contributed by atoms with Gasteiger partial charge in [-0.15, -0.1) is 0 Å². The van der Waals surface area contributed by atoms with Crippen LogP contribution in [0.3, 0.4) is 0 Å². The molecular formula is C15H16O3. The van der Waals surface area contributed by atoms with Gasteiger partial charge in [0.2, 0.25) is 0 Å². The van der Waals surface area contributed by atoms with Gasteiger partial charge in [-0.05, 0) is 23.3 Å². The predicted octanol–water partition coefficient (Wildman–Crippen LogP) is 3.11. The zero-order valence-corrected chi connectivity index (χ0v) is 10.5. The molecule has 2 aromatic carbocycles. The first-order valence-electron chi connectivity index (χ1n) is 5.91. The maximum Gasteiger partial charge on any atom is 0.306 e. The van der Waals surface area contributed by atoms with E-state index in [-0.39, 0.29) is 0 Å². The fourth-order valence-corrected chi connectivity index (χ4v) is 2.11. The first kappa shape index (κ1) is 12.4. The second kappa shape index (κ2) is 5.08. The Labute approximate surface area is 106 Å². The molecule has 1 unspecified atom stereocenters. The summed E-state index contributed by atoms with van der Waals surface area (Å²) in [4.78, 5) is 11.0. The van der Waals surface area contributed by atoms with E-state index in [0.29, 0.717) is 6.42 Å². The molecule has 0 radical (unpaired) electrons. The van der Waals surface area contributed by atoms with Crippen LogP contribution in [-0.2, 0) is 11.2 Å². The van der Waals surface area contributed by atoms with Gasteiger partial charge in [0.1, 0.15) is 5.75 Å². The fourth-order valence-electron chi connectivity index (χ4n) is 2.11. The Bertz CT molecular complexity index is 575. The molecule has 0 heterocycles. The van der Waals surface area contributed by atoms with Crippen molar-refractivity contribution in [2.45, 2.75) is 13.3 Å². The standard InChI is InChI=1S/C15H16O3/c1-10(15(16)17)9-13-12-6-4-3-5-11(12)7-8-14(13)18-2/h3-8,10H,9H2,1-2H3,(H,16,17). The zero-order chi connectivity index (χ0) is 13.1. The second-order valence-electron chi connectivity index (χ2n) is 4.41. The van der Waals surface area contributed by atoms with Crippen molar-refractivity contribution in [3.63, 3.8) is 0 Å². The molecule has 2 rings (SSSR count). The van der Waals surface area contributed by atoms with E-state index in [1.165, 1.54) is 0 Å². The molecule has 0 amide bonds. The Hall–Kier alpha value is -2.03. The van der Waals surface area contributed by atoms with Gasteiger partial charge in [0, 0.05) is 5.56 Å². The summed E-state index contributed by atoms with van der Waals surface area (Å²) < 4.78 is 5.34. The molecule has 0 fully saturated rings. The van der Waals surface area contributed by atoms with E-state index >= 15 is 0 Å². The highest BCUT2D eigenvalue weighted by Gasteiger charge is 2.16. The summed E-state index contributed by atoms with van der Waals surface area (Å²) in [5.41, 5.74) is 0.963. The lowest BCUT2D eigenvalue weighted by molar-refractivity contribution is -0.141. The Kier molecular flexibility index (Phi) is 3.51. The van der Waals surface area contributed by atoms with E-state index in [9.17, 15) is 4.79 Å². The van der Waals surface area contributed by atoms with Crippen molar-refractivity contribution in [1.29, 1.82) is 0 Å². The average Bonchev–Trinajstić information content (AvgIpc) is 2.39. The van der Waals surface area contributed by atoms with Gasteiger partial charge in [0.05, 0.1) is 13.0 Å². The van der Waals surface area contributed by atoms with Crippen molar-refractivity contribution in [3.8, 4) is 5.75 Å². The lowest BCUT2D eigenvalue weighted by Crippen LogP contribution is -2.13. The minimum absolute atomic E-state index is 0.426. The number of methoxy groups -OCH3 is 1. The van der Waals surface area contributed by atoms with Crippen molar-refractivity contribution in [3.05, 3.63) is 42.0 Å². The van der Waals surface area contributed by atoms with E-state index in [2.05, 4.69) is 0 Å². The van der Waals surface area contributed by atoms with Crippen molar-refractivity contribution >= 4 is 16.7 Å². The largest absolute Gasteiger partial charge is 0.496 e. The molecule has 0 aromatic heterocycles. The van der Waals surface area contributed by atoms with Gasteiger partial charge in [0.15, 0.2) is 0 Å². The van der Waals surface area contributed by atoms with Crippen LogP contribution in [0, 0.1) is 5.92 Å². The zero-order valence-electron chi connectivity index (χ0n) is 10.5. The van der Waals surface area contributed by atoms with Crippen LogP contribution in [-0.4, -0.2) is 18.2 Å². The van der Waals surface area contributed by atoms with Crippen LogP contribution in [0.15, 0.2) is 36.4 Å². The monoisotopic (exact) mass is 244 g/mol. The van der Waals surface area contributed by atoms with E-state index in [4.69, 9.17) is 9.84 Å². The number of carbonyl (C=O) groups is 1. The molecule has 1 N–H and O–H groups in total. The molecular weight excluding hydrogens is 228 g/mol. The molecule has 2 aromatic rings. The number of hydrogen-bond donors (Lipinski definition) is 1. The van der Waals surface area contributed by atoms with Crippen LogP contribution in [0.25, 0.3) is 10.8 Å². The van der Waals surface area contributed by atoms with E-state index in [1.807, 2.05) is 36.4 Å². The molecule has 3 heteroatoms. The predicted molar refractivity (Wildman–Crippen MR) is 71.0 cm³/mol. The quantitative estimate of drug-likeness (QED) is 0.898. The highest BCUT2D eigenvalue weighted by molar-refractivity contribution is 5.88. The molecule has 0 bridgehead atoms. The van der Waals surface area contributed by atoms with Crippen molar-refractivity contribution in [2.24, 2.45) is 5.92 Å². The van der Waals surface area contributed by atoms with Crippen LogP contribution in [0.2, 0.25) is 0 Å². The van der Waals surface area contributed by atoms with E-state index < -0.39 is 11.9 Å². The Balaban J connectivity index is 2.54. The topological polar surface area (TPSA) is 46.5 Å². The molecule has 0 aliphatic heterocycles. The number of aliphatic carboxylic acids is 1. The highest BCUT2D eigenvalue weighted by Crippen LogP contribution is 2.30. The molecule has 0 spiro atoms. The normalized spacial score (nSPS) is 12.3. The van der Waals surface area contributed by atoms with Gasteiger partial charge in [0.25, 0.3) is 0 Å². The van der Waals surface area contributed by atoms with Crippen LogP contribution in [0.5, 0.6) is 5.75 Å². The molecule has 0 aliphatic carbocycles. The van der Waals surface area contributed by atoms with Crippen molar-refractivity contribution in [1.82, 2.24) is 0 Å². The lowest BCUT2D eigenvalue weighted by atomic mass is 9.95. The first-order chi connectivity index (χ1) is 8.63. The third-order valence-electron chi connectivity index (χ3n) is 3.15. The second-order valence-corrected chi connectivity index (χ2v) is 4.41. The van der Waals surface area contributed by atoms with Gasteiger partial charge in [-0.2, -0.15) is 0 Å². The van der Waals surface area contributed by atoms with Crippen LogP contribution in [0.1, 0.15) is 12.5 Å². The first-order valence-corrected chi connectivity index (χ1v) is 5.91. The maximum absolute atomic E-state index is 11.0. The van der Waals surface area contributed by atoms with Crippen LogP contribution >= 0.6 is 0 Å². The van der Waals surface area contributed by atoms with Gasteiger partial charge in [-0.1, -0.05) is 37.3 Å². The summed E-state index contributed by atoms with van der Waals surface area (Å²) in [5.74, 6) is -0.462. The number of rotatable bonds is 4. The summed E-state index contributed by atoms with van der Waals surface area (Å²) in [7, 11) is 1.61. The molecule has 0 saturated carbocycles. The minimum atomic E-state index is -0.787. The van der Waals surface area contributed by atoms with Gasteiger partial charge in [-0.3, -0.25) is 4.79 Å². The third-order valence-corrected chi connectivity index (χ3v) is 3.15. The Morgan fingerprint density at radius 2 is 2.00 bits per heavy atom. The Morgan fingerprint density at radius 3 is 2.67 bits per heavy atom. The summed E-state index contributed by atoms with van der Waals surface area (Å²) in [5, 5.41) is 11.2. The highest BCUT2D eigenvalue weighted by atomic mass is 16.5. The SMILES string of the molecule is COc1ccc2ccccc2c1CC(C)C(=O)O. The summed E-state index contributed by atoms with van der Waals surface area (Å²) in [6, 6.07) is 11.8. The van der Waals surface area contributed by atoms with Gasteiger partial charge >= 0.3 is 5.97 Å². The number of carboxylic acid groups (broad SMARTS) is 1. The minimum Gasteiger partial charge on any atom is -0.496 e. The van der Waals surface area contributed by atoms with Gasteiger partial charge in [-0.25, -0.2) is 0 Å². The smallest absolute Gasteiger partial charge is 0.306 e. The Morgan fingerprint density at radius 1 is 1.28 bits per heavy atom.